The van der Waals surface area contributed by atoms with Gasteiger partial charge in [0.25, 0.3) is 0 Å². The maximum atomic E-state index is 13.4. The van der Waals surface area contributed by atoms with E-state index in [1.54, 1.807) is 12.3 Å². The Hall–Kier alpha value is -2.18. The summed E-state index contributed by atoms with van der Waals surface area (Å²) in [4.78, 5) is 4.47. The summed E-state index contributed by atoms with van der Waals surface area (Å²) in [5.74, 6) is 0.549. The van der Waals surface area contributed by atoms with Crippen LogP contribution >= 0.6 is 12.4 Å². The molecule has 1 aromatic carbocycles. The zero-order chi connectivity index (χ0) is 15.8. The molecule has 3 heterocycles. The Kier molecular flexibility index (Phi) is 4.69. The minimum absolute atomic E-state index is 0. The van der Waals surface area contributed by atoms with E-state index in [-0.39, 0.29) is 18.2 Å². The van der Waals surface area contributed by atoms with Gasteiger partial charge in [0.2, 0.25) is 0 Å². The highest BCUT2D eigenvalue weighted by Gasteiger charge is 2.16. The molecule has 3 aromatic rings. The summed E-state index contributed by atoms with van der Waals surface area (Å²) in [6.45, 7) is 4.65. The first-order chi connectivity index (χ1) is 11.2. The molecule has 24 heavy (non-hydrogen) atoms. The number of nitrogens with zero attached hydrogens (tertiary/aromatic N) is 4. The third kappa shape index (κ3) is 2.95. The lowest BCUT2D eigenvalue weighted by atomic mass is 10.2. The van der Waals surface area contributed by atoms with Crippen molar-refractivity contribution in [2.45, 2.75) is 26.4 Å². The van der Waals surface area contributed by atoms with Crippen LogP contribution in [-0.2, 0) is 13.1 Å². The summed E-state index contributed by atoms with van der Waals surface area (Å²) in [6, 6.07) is 6.86. The predicted octanol–water partition coefficient (Wildman–Crippen LogP) is 3.10. The van der Waals surface area contributed by atoms with Crippen molar-refractivity contribution in [2.75, 3.05) is 6.54 Å². The van der Waals surface area contributed by atoms with E-state index in [1.807, 2.05) is 22.4 Å². The number of halogens is 2. The summed E-state index contributed by atoms with van der Waals surface area (Å²) in [7, 11) is 0. The van der Waals surface area contributed by atoms with E-state index in [0.29, 0.717) is 0 Å². The van der Waals surface area contributed by atoms with Crippen LogP contribution in [0, 0.1) is 12.7 Å². The molecule has 1 aliphatic heterocycles. The van der Waals surface area contributed by atoms with E-state index >= 15 is 0 Å². The Labute approximate surface area is 145 Å². The van der Waals surface area contributed by atoms with E-state index in [9.17, 15) is 4.39 Å². The zero-order valence-corrected chi connectivity index (χ0v) is 14.2. The highest BCUT2D eigenvalue weighted by atomic mass is 35.5. The summed E-state index contributed by atoms with van der Waals surface area (Å²) >= 11 is 0. The standard InChI is InChI=1S/C17H18FN5.ClH/c1-12-9-13(18)3-4-16(12)22-8-6-20-17(22)15-10-14-11-19-5-2-7-23(14)21-15;/h3-4,6,8-10,19H,2,5,7,11H2,1H3;1H. The van der Waals surface area contributed by atoms with Crippen LogP contribution in [0.25, 0.3) is 17.2 Å². The molecule has 0 radical (unpaired) electrons. The number of rotatable bonds is 2. The van der Waals surface area contributed by atoms with Crippen LogP contribution < -0.4 is 5.32 Å². The predicted molar refractivity (Wildman–Crippen MR) is 93.1 cm³/mol. The van der Waals surface area contributed by atoms with Gasteiger partial charge in [0.05, 0.1) is 11.4 Å². The molecule has 0 saturated heterocycles. The molecule has 2 aromatic heterocycles. The van der Waals surface area contributed by atoms with E-state index in [4.69, 9.17) is 5.10 Å². The number of hydrogen-bond donors (Lipinski definition) is 1. The molecular formula is C17H19ClFN5. The molecule has 4 rings (SSSR count). The van der Waals surface area contributed by atoms with Gasteiger partial charge in [-0.2, -0.15) is 5.10 Å². The molecular weight excluding hydrogens is 329 g/mol. The third-order valence-electron chi connectivity index (χ3n) is 4.18. The minimum atomic E-state index is -0.229. The molecule has 0 atom stereocenters. The molecule has 7 heteroatoms. The summed E-state index contributed by atoms with van der Waals surface area (Å²) in [6.07, 6.45) is 4.71. The van der Waals surface area contributed by atoms with Crippen LogP contribution in [0.5, 0.6) is 0 Å². The molecule has 5 nitrogen and oxygen atoms in total. The Morgan fingerprint density at radius 2 is 2.12 bits per heavy atom. The summed E-state index contributed by atoms with van der Waals surface area (Å²) < 4.78 is 17.4. The molecule has 0 spiro atoms. The van der Waals surface area contributed by atoms with Gasteiger partial charge < -0.3 is 5.32 Å². The van der Waals surface area contributed by atoms with Gasteiger partial charge in [-0.3, -0.25) is 9.25 Å². The second-order valence-electron chi connectivity index (χ2n) is 5.83. The fraction of sp³-hybridized carbons (Fsp3) is 0.294. The molecule has 0 aliphatic carbocycles. The van der Waals surface area contributed by atoms with Gasteiger partial charge in [0.15, 0.2) is 5.82 Å². The van der Waals surface area contributed by atoms with Crippen molar-refractivity contribution in [2.24, 2.45) is 0 Å². The third-order valence-corrected chi connectivity index (χ3v) is 4.18. The van der Waals surface area contributed by atoms with Crippen molar-refractivity contribution >= 4 is 12.4 Å². The highest BCUT2D eigenvalue weighted by molar-refractivity contribution is 5.85. The number of fused-ring (bicyclic) bond motifs is 1. The van der Waals surface area contributed by atoms with Crippen LogP contribution in [0.3, 0.4) is 0 Å². The Balaban J connectivity index is 0.00000169. The van der Waals surface area contributed by atoms with Crippen LogP contribution in [0.1, 0.15) is 17.7 Å². The lowest BCUT2D eigenvalue weighted by Crippen LogP contribution is -2.11. The number of aryl methyl sites for hydroxylation is 2. The largest absolute Gasteiger partial charge is 0.311 e. The zero-order valence-electron chi connectivity index (χ0n) is 13.4. The highest BCUT2D eigenvalue weighted by Crippen LogP contribution is 2.24. The van der Waals surface area contributed by atoms with Crippen LogP contribution in [0.2, 0.25) is 0 Å². The van der Waals surface area contributed by atoms with E-state index in [1.165, 1.54) is 17.8 Å². The van der Waals surface area contributed by atoms with Gasteiger partial charge in [0, 0.05) is 25.5 Å². The van der Waals surface area contributed by atoms with Gasteiger partial charge >= 0.3 is 0 Å². The quantitative estimate of drug-likeness (QED) is 0.775. The van der Waals surface area contributed by atoms with E-state index in [0.717, 1.165) is 48.8 Å². The number of hydrogen-bond acceptors (Lipinski definition) is 3. The number of aromatic nitrogens is 4. The molecule has 0 saturated carbocycles. The normalized spacial score (nSPS) is 13.9. The van der Waals surface area contributed by atoms with Crippen molar-refractivity contribution in [3.05, 3.63) is 53.7 Å². The average Bonchev–Trinajstić information content (AvgIpc) is 3.09. The molecule has 0 unspecified atom stereocenters. The van der Waals surface area contributed by atoms with Gasteiger partial charge in [0.1, 0.15) is 11.5 Å². The Bertz CT molecular complexity index is 831. The molecule has 0 fully saturated rings. The average molecular weight is 348 g/mol. The van der Waals surface area contributed by atoms with Crippen molar-refractivity contribution in [3.8, 4) is 17.2 Å². The number of imidazole rings is 1. The lowest BCUT2D eigenvalue weighted by Gasteiger charge is -2.09. The minimum Gasteiger partial charge on any atom is -0.311 e. The van der Waals surface area contributed by atoms with Crippen molar-refractivity contribution < 1.29 is 4.39 Å². The summed E-state index contributed by atoms with van der Waals surface area (Å²) in [5, 5.41) is 8.10. The first-order valence-electron chi connectivity index (χ1n) is 7.80. The van der Waals surface area contributed by atoms with Gasteiger partial charge in [-0.25, -0.2) is 9.37 Å². The van der Waals surface area contributed by atoms with Crippen molar-refractivity contribution in [1.29, 1.82) is 0 Å². The maximum absolute atomic E-state index is 13.4. The Morgan fingerprint density at radius 3 is 2.96 bits per heavy atom. The lowest BCUT2D eigenvalue weighted by molar-refractivity contribution is 0.588. The smallest absolute Gasteiger partial charge is 0.165 e. The number of nitrogens with one attached hydrogen (secondary N) is 1. The number of benzene rings is 1. The van der Waals surface area contributed by atoms with E-state index in [2.05, 4.69) is 16.4 Å². The first kappa shape index (κ1) is 16.7. The monoisotopic (exact) mass is 347 g/mol. The molecule has 1 aliphatic rings. The van der Waals surface area contributed by atoms with Crippen LogP contribution in [0.4, 0.5) is 4.39 Å². The molecule has 0 bridgehead atoms. The van der Waals surface area contributed by atoms with Crippen LogP contribution in [0.15, 0.2) is 36.7 Å². The summed E-state index contributed by atoms with van der Waals surface area (Å²) in [5.41, 5.74) is 3.80. The fourth-order valence-electron chi connectivity index (χ4n) is 3.05. The van der Waals surface area contributed by atoms with Gasteiger partial charge in [-0.1, -0.05) is 0 Å². The van der Waals surface area contributed by atoms with E-state index < -0.39 is 0 Å². The maximum Gasteiger partial charge on any atom is 0.165 e. The van der Waals surface area contributed by atoms with Gasteiger partial charge in [-0.15, -0.1) is 12.4 Å². The second-order valence-corrected chi connectivity index (χ2v) is 5.83. The SMILES string of the molecule is Cc1cc(F)ccc1-n1ccnc1-c1cc2n(n1)CCCNC2.Cl. The molecule has 1 N–H and O–H groups in total. The Morgan fingerprint density at radius 1 is 1.25 bits per heavy atom. The van der Waals surface area contributed by atoms with Crippen molar-refractivity contribution in [3.63, 3.8) is 0 Å². The molecule has 126 valence electrons. The fourth-order valence-corrected chi connectivity index (χ4v) is 3.05. The van der Waals surface area contributed by atoms with Gasteiger partial charge in [-0.05, 0) is 49.7 Å². The van der Waals surface area contributed by atoms with Crippen LogP contribution in [-0.4, -0.2) is 25.9 Å². The first-order valence-corrected chi connectivity index (χ1v) is 7.80. The topological polar surface area (TPSA) is 47.7 Å². The molecule has 0 amide bonds. The van der Waals surface area contributed by atoms with Crippen molar-refractivity contribution in [1.82, 2.24) is 24.6 Å². The second kappa shape index (κ2) is 6.75.